The number of fused-ring (bicyclic) bond motifs is 3. The van der Waals surface area contributed by atoms with E-state index < -0.39 is 42.3 Å². The van der Waals surface area contributed by atoms with E-state index in [0.29, 0.717) is 75.9 Å². The molecule has 6 fully saturated rings. The summed E-state index contributed by atoms with van der Waals surface area (Å²) < 4.78 is 60.6. The van der Waals surface area contributed by atoms with Crippen molar-refractivity contribution in [1.29, 1.82) is 5.41 Å². The molecule has 0 radical (unpaired) electrons. The highest BCUT2D eigenvalue weighted by Gasteiger charge is 2.41. The Kier molecular flexibility index (Phi) is 12.1. The molecule has 8 heterocycles. The number of likely N-dealkylation sites (tertiary alicyclic amines) is 2. The Morgan fingerprint density at radius 2 is 1.88 bits per heavy atom. The first-order chi connectivity index (χ1) is 31.9. The lowest BCUT2D eigenvalue weighted by Gasteiger charge is -2.43. The van der Waals surface area contributed by atoms with Crippen molar-refractivity contribution in [3.05, 3.63) is 64.2 Å². The van der Waals surface area contributed by atoms with Gasteiger partial charge in [-0.1, -0.05) is 6.07 Å². The zero-order chi connectivity index (χ0) is 45.8. The molecule has 10 rings (SSSR count). The summed E-state index contributed by atoms with van der Waals surface area (Å²) >= 11 is 0. The number of para-hydroxylation sites is 1. The number of amides is 3. The lowest BCUT2D eigenvalue weighted by atomic mass is 9.85. The summed E-state index contributed by atoms with van der Waals surface area (Å²) in [7, 11) is 1.69. The summed E-state index contributed by atoms with van der Waals surface area (Å²) in [5.74, 6) is -0.266. The average Bonchev–Trinajstić information content (AvgIpc) is 4.09. The first kappa shape index (κ1) is 44.1. The highest BCUT2D eigenvalue weighted by Crippen LogP contribution is 2.37. The number of imide groups is 1. The predicted molar refractivity (Wildman–Crippen MR) is 237 cm³/mol. The van der Waals surface area contributed by atoms with Crippen molar-refractivity contribution in [2.45, 2.75) is 94.3 Å². The Labute approximate surface area is 378 Å². The number of piperidine rings is 2. The third-order valence-corrected chi connectivity index (χ3v) is 14.5. The Morgan fingerprint density at radius 1 is 1.06 bits per heavy atom. The zero-order valence-corrected chi connectivity index (χ0v) is 36.7. The molecule has 4 N–H and O–H groups in total. The number of benzene rings is 1. The van der Waals surface area contributed by atoms with E-state index in [4.69, 9.17) is 14.9 Å². The first-order valence-corrected chi connectivity index (χ1v) is 23.0. The Balaban J connectivity index is 0.685. The minimum atomic E-state index is -2.93. The molecule has 3 aromatic rings. The smallest absolute Gasteiger partial charge is 0.329 e. The summed E-state index contributed by atoms with van der Waals surface area (Å²) in [6.07, 6.45) is 6.27. The number of hydrogen-bond acceptors (Lipinski definition) is 13. The average molecular weight is 917 g/mol. The third kappa shape index (κ3) is 8.44. The van der Waals surface area contributed by atoms with Crippen LogP contribution in [0.1, 0.15) is 75.6 Å². The molecule has 1 saturated carbocycles. The van der Waals surface area contributed by atoms with Gasteiger partial charge in [0.2, 0.25) is 11.8 Å². The molecule has 2 bridgehead atoms. The highest BCUT2D eigenvalue weighted by molar-refractivity contribution is 6.18. The second kappa shape index (κ2) is 18.1. The molecule has 2 unspecified atom stereocenters. The van der Waals surface area contributed by atoms with Crippen molar-refractivity contribution in [3.63, 3.8) is 0 Å². The summed E-state index contributed by atoms with van der Waals surface area (Å²) in [6, 6.07) is 4.93. The normalized spacial score (nSPS) is 29.0. The molecular formula is C45H55F3N12O6. The van der Waals surface area contributed by atoms with Crippen molar-refractivity contribution < 1.29 is 37.0 Å². The number of alkyl halides is 3. The number of imidazole rings is 1. The maximum Gasteiger partial charge on any atom is 0.329 e. The van der Waals surface area contributed by atoms with Crippen LogP contribution in [0.2, 0.25) is 0 Å². The molecule has 0 spiro atoms. The molecule has 18 nitrogen and oxygen atoms in total. The molecule has 7 aliphatic rings. The number of anilines is 2. The van der Waals surface area contributed by atoms with Gasteiger partial charge in [-0.25, -0.2) is 23.0 Å². The van der Waals surface area contributed by atoms with Gasteiger partial charge in [0.25, 0.3) is 12.3 Å². The Bertz CT molecular complexity index is 2560. The van der Waals surface area contributed by atoms with Crippen molar-refractivity contribution in [2.24, 2.45) is 23.9 Å². The van der Waals surface area contributed by atoms with E-state index in [0.717, 1.165) is 43.2 Å². The van der Waals surface area contributed by atoms with Gasteiger partial charge < -0.3 is 35.3 Å². The molecule has 66 heavy (non-hydrogen) atoms. The van der Waals surface area contributed by atoms with Gasteiger partial charge in [-0.15, -0.1) is 0 Å². The number of morpholine rings is 1. The van der Waals surface area contributed by atoms with Crippen molar-refractivity contribution in [2.75, 3.05) is 62.7 Å². The number of carbonyl (C=O) groups excluding carboxylic acids is 3. The number of aliphatic imine (C=N–C) groups is 1. The molecule has 6 aliphatic heterocycles. The number of halogens is 3. The number of nitrogens with one attached hydrogen (secondary N) is 4. The van der Waals surface area contributed by atoms with Gasteiger partial charge in [0.1, 0.15) is 23.9 Å². The number of aryl methyl sites for hydroxylation is 1. The predicted octanol–water partition coefficient (Wildman–Crippen LogP) is 3.54. The monoisotopic (exact) mass is 916 g/mol. The van der Waals surface area contributed by atoms with Crippen LogP contribution in [-0.2, 0) is 30.9 Å². The van der Waals surface area contributed by atoms with Gasteiger partial charge in [-0.05, 0) is 69.1 Å². The number of hydrogen-bond donors (Lipinski definition) is 4. The van der Waals surface area contributed by atoms with Crippen LogP contribution in [0.25, 0.3) is 11.0 Å². The summed E-state index contributed by atoms with van der Waals surface area (Å²) in [5.41, 5.74) is 1.16. The second-order valence-electron chi connectivity index (χ2n) is 18.7. The van der Waals surface area contributed by atoms with E-state index >= 15 is 4.39 Å². The number of rotatable bonds is 12. The van der Waals surface area contributed by atoms with Gasteiger partial charge >= 0.3 is 5.69 Å². The van der Waals surface area contributed by atoms with Crippen LogP contribution in [0.4, 0.5) is 24.5 Å². The van der Waals surface area contributed by atoms with Gasteiger partial charge in [-0.2, -0.15) is 5.10 Å². The molecule has 1 aromatic carbocycles. The Hall–Kier alpha value is -5.80. The number of nitrogens with zero attached hydrogens (tertiary/aromatic N) is 8. The number of ether oxygens (including phenoxy) is 2. The zero-order valence-electron chi connectivity index (χ0n) is 36.7. The van der Waals surface area contributed by atoms with Crippen LogP contribution in [0.3, 0.4) is 0 Å². The Morgan fingerprint density at radius 3 is 2.59 bits per heavy atom. The minimum Gasteiger partial charge on any atom is -0.375 e. The van der Waals surface area contributed by atoms with Crippen LogP contribution < -0.4 is 26.5 Å². The summed E-state index contributed by atoms with van der Waals surface area (Å²) in [4.78, 5) is 62.3. The maximum absolute atomic E-state index is 15.6. The van der Waals surface area contributed by atoms with E-state index in [1.165, 1.54) is 15.4 Å². The first-order valence-electron chi connectivity index (χ1n) is 23.0. The fourth-order valence-corrected chi connectivity index (χ4v) is 10.9. The molecule has 5 atom stereocenters. The van der Waals surface area contributed by atoms with E-state index in [-0.39, 0.29) is 72.2 Å². The maximum atomic E-state index is 15.6. The van der Waals surface area contributed by atoms with Crippen LogP contribution in [0.5, 0.6) is 0 Å². The van der Waals surface area contributed by atoms with Crippen LogP contribution in [0.15, 0.2) is 57.9 Å². The van der Waals surface area contributed by atoms with Gasteiger partial charge in [0, 0.05) is 77.3 Å². The molecule has 3 amide bonds. The number of aromatic nitrogens is 4. The van der Waals surface area contributed by atoms with Crippen LogP contribution in [-0.4, -0.2) is 135 Å². The van der Waals surface area contributed by atoms with E-state index in [9.17, 15) is 28.0 Å². The highest BCUT2D eigenvalue weighted by atomic mass is 19.3. The van der Waals surface area contributed by atoms with Crippen LogP contribution in [0, 0.1) is 17.2 Å². The fraction of sp³-hybridized carbons (Fsp3) is 0.578. The second-order valence-corrected chi connectivity index (χ2v) is 18.7. The fourth-order valence-electron chi connectivity index (χ4n) is 10.9. The molecule has 5 saturated heterocycles. The lowest BCUT2D eigenvalue weighted by Crippen LogP contribution is -2.51. The summed E-state index contributed by atoms with van der Waals surface area (Å²) in [6.45, 7) is 4.80. The van der Waals surface area contributed by atoms with Crippen molar-refractivity contribution in [3.8, 4) is 0 Å². The van der Waals surface area contributed by atoms with Gasteiger partial charge in [-0.3, -0.25) is 38.4 Å². The van der Waals surface area contributed by atoms with Gasteiger partial charge in [0.15, 0.2) is 5.69 Å². The molecule has 2 aromatic heterocycles. The van der Waals surface area contributed by atoms with Crippen molar-refractivity contribution >= 4 is 52.2 Å². The van der Waals surface area contributed by atoms with E-state index in [1.54, 1.807) is 23.9 Å². The minimum absolute atomic E-state index is 0.106. The quantitative estimate of drug-likeness (QED) is 0.118. The molecule has 21 heteroatoms. The number of carbonyl (C=O) groups is 3. The summed E-state index contributed by atoms with van der Waals surface area (Å²) in [5, 5.41) is 20.1. The van der Waals surface area contributed by atoms with Crippen molar-refractivity contribution in [1.82, 2.24) is 39.3 Å². The van der Waals surface area contributed by atoms with Gasteiger partial charge in [0.05, 0.1) is 65.5 Å². The lowest BCUT2D eigenvalue weighted by molar-refractivity contribution is -0.135. The largest absolute Gasteiger partial charge is 0.375 e. The number of amidine groups is 1. The third-order valence-electron chi connectivity index (χ3n) is 14.5. The molecule has 352 valence electrons. The molecular weight excluding hydrogens is 862 g/mol. The topological polar surface area (TPSA) is 196 Å². The standard InChI is InChI=1S/C45H55F3N12O6/c1-55-40-33(3-2-4-34(40)60(45(55)64)35-9-10-38(61)53-44(35)63)57-18-26(19-57)23-66-36-12-14-56(21-31(36)46)17-25-5-7-27(8-6-25)59-22-32(39(54-59)41(47)48)51-43(62)30(16-49)42-50-13-11-37(52-42)58-20-29-15-28(58)24-65-29/h2-4,11,13,16,22,25-29,31,35-36,41,49-50H,5-10,12,14-15,17-21,23-24H2,1H3,(H,51,62)(H,53,61,63)/b42-30-,49-16?/t25-,27-,28?,29-,31+,35?,36-/m1/s1. The van der Waals surface area contributed by atoms with E-state index in [2.05, 4.69) is 40.7 Å². The van der Waals surface area contributed by atoms with Crippen LogP contribution >= 0.6 is 0 Å². The van der Waals surface area contributed by atoms with E-state index in [1.807, 2.05) is 18.2 Å². The molecule has 1 aliphatic carbocycles. The SMILES string of the molecule is Cn1c(=O)n(C2CCC(=O)NC2=O)c2cccc(N3CC(CO[C@@H]4CCN(C[C@H]5CC[C@H](n6cc(NC(=O)/C(C=N)=C7\N=C(N8C[C@H]9CC8CO9)C=CN7)c(C(F)F)n6)CC5)C[C@@H]4F)C3)c21.